The fraction of sp³-hybridized carbons (Fsp3) is 0.400. The minimum absolute atomic E-state index is 0.0756. The molecular formula is C10H11BrN4O3. The molecule has 1 unspecified atom stereocenters. The van der Waals surface area contributed by atoms with Gasteiger partial charge in [0.05, 0.1) is 9.40 Å². The third-order valence-corrected chi connectivity index (χ3v) is 3.24. The molecule has 2 N–H and O–H groups in total. The topological polar surface area (TPSA) is 97.2 Å². The molecule has 0 spiro atoms. The molecule has 0 bridgehead atoms. The van der Waals surface area contributed by atoms with E-state index in [0.717, 1.165) is 19.0 Å². The van der Waals surface area contributed by atoms with Crippen LogP contribution in [-0.2, 0) is 4.79 Å². The van der Waals surface area contributed by atoms with Gasteiger partial charge in [-0.25, -0.2) is 4.98 Å². The van der Waals surface area contributed by atoms with Crippen LogP contribution in [0, 0.1) is 10.1 Å². The maximum atomic E-state index is 11.6. The highest BCUT2D eigenvalue weighted by Gasteiger charge is 2.23. The van der Waals surface area contributed by atoms with E-state index < -0.39 is 4.92 Å². The van der Waals surface area contributed by atoms with Crippen molar-refractivity contribution in [2.75, 3.05) is 11.9 Å². The molecule has 1 fully saturated rings. The van der Waals surface area contributed by atoms with Crippen LogP contribution in [0.1, 0.15) is 12.8 Å². The Bertz CT molecular complexity index is 494. The summed E-state index contributed by atoms with van der Waals surface area (Å²) >= 11 is 3.20. The third-order valence-electron chi connectivity index (χ3n) is 2.63. The van der Waals surface area contributed by atoms with Crippen molar-refractivity contribution in [2.24, 2.45) is 0 Å². The number of anilines is 1. The Balaban J connectivity index is 2.14. The van der Waals surface area contributed by atoms with Gasteiger partial charge < -0.3 is 10.6 Å². The molecule has 2 heterocycles. The number of carbonyl (C=O) groups excluding carboxylic acids is 1. The zero-order valence-corrected chi connectivity index (χ0v) is 10.9. The molecule has 1 saturated heterocycles. The smallest absolute Gasteiger partial charge is 0.288 e. The number of aromatic nitrogens is 1. The van der Waals surface area contributed by atoms with Crippen LogP contribution in [0.2, 0.25) is 0 Å². The van der Waals surface area contributed by atoms with Crippen molar-refractivity contribution in [2.45, 2.75) is 18.9 Å². The Morgan fingerprint density at radius 2 is 2.39 bits per heavy atom. The van der Waals surface area contributed by atoms with Crippen molar-refractivity contribution < 1.29 is 9.72 Å². The summed E-state index contributed by atoms with van der Waals surface area (Å²) in [5, 5.41) is 16.3. The molecular weight excluding hydrogens is 304 g/mol. The molecule has 1 aliphatic rings. The van der Waals surface area contributed by atoms with Gasteiger partial charge >= 0.3 is 0 Å². The highest BCUT2D eigenvalue weighted by atomic mass is 79.9. The van der Waals surface area contributed by atoms with Crippen LogP contribution < -0.4 is 10.6 Å². The summed E-state index contributed by atoms with van der Waals surface area (Å²) in [5.41, 5.74) is -0.0967. The summed E-state index contributed by atoms with van der Waals surface area (Å²) in [6.45, 7) is 0.686. The van der Waals surface area contributed by atoms with Crippen LogP contribution >= 0.6 is 15.9 Å². The molecule has 1 aliphatic heterocycles. The minimum atomic E-state index is -0.519. The van der Waals surface area contributed by atoms with Crippen LogP contribution in [-0.4, -0.2) is 28.4 Å². The summed E-state index contributed by atoms with van der Waals surface area (Å²) in [6.07, 6.45) is 2.78. The highest BCUT2D eigenvalue weighted by Crippen LogP contribution is 2.25. The van der Waals surface area contributed by atoms with Crippen LogP contribution in [0.15, 0.2) is 16.7 Å². The Kier molecular flexibility index (Phi) is 3.75. The van der Waals surface area contributed by atoms with E-state index >= 15 is 0 Å². The number of hydrogen-bond acceptors (Lipinski definition) is 5. The van der Waals surface area contributed by atoms with Gasteiger partial charge in [-0.05, 0) is 28.8 Å². The zero-order valence-electron chi connectivity index (χ0n) is 9.35. The van der Waals surface area contributed by atoms with Crippen LogP contribution in [0.4, 0.5) is 11.5 Å². The van der Waals surface area contributed by atoms with Crippen molar-refractivity contribution in [3.63, 3.8) is 0 Å². The van der Waals surface area contributed by atoms with Crippen molar-refractivity contribution in [1.82, 2.24) is 10.3 Å². The molecule has 8 heteroatoms. The first kappa shape index (κ1) is 12.7. The van der Waals surface area contributed by atoms with Gasteiger partial charge in [-0.15, -0.1) is 0 Å². The molecule has 0 aliphatic carbocycles. The van der Waals surface area contributed by atoms with Gasteiger partial charge in [-0.2, -0.15) is 0 Å². The number of carbonyl (C=O) groups is 1. The number of halogens is 1. The van der Waals surface area contributed by atoms with E-state index in [1.165, 1.54) is 6.07 Å². The molecule has 7 nitrogen and oxygen atoms in total. The van der Waals surface area contributed by atoms with Gasteiger partial charge in [0.25, 0.3) is 5.69 Å². The number of nitrogens with one attached hydrogen (secondary N) is 2. The van der Waals surface area contributed by atoms with Crippen LogP contribution in [0.5, 0.6) is 0 Å². The number of piperidine rings is 1. The predicted molar refractivity (Wildman–Crippen MR) is 68.2 cm³/mol. The monoisotopic (exact) mass is 314 g/mol. The first-order chi connectivity index (χ1) is 8.58. The summed E-state index contributed by atoms with van der Waals surface area (Å²) in [6, 6.07) is 1.01. The van der Waals surface area contributed by atoms with Crippen LogP contribution in [0.25, 0.3) is 0 Å². The molecule has 1 aromatic rings. The minimum Gasteiger partial charge on any atom is -0.357 e. The van der Waals surface area contributed by atoms with Gasteiger partial charge in [0.2, 0.25) is 5.91 Å². The van der Waals surface area contributed by atoms with Crippen molar-refractivity contribution in [3.05, 3.63) is 26.9 Å². The molecule has 1 aromatic heterocycles. The van der Waals surface area contributed by atoms with Crippen molar-refractivity contribution in [3.8, 4) is 0 Å². The lowest BCUT2D eigenvalue weighted by Gasteiger charge is -2.23. The van der Waals surface area contributed by atoms with E-state index in [1.54, 1.807) is 0 Å². The second-order valence-electron chi connectivity index (χ2n) is 3.91. The Hall–Kier alpha value is -1.70. The average molecular weight is 315 g/mol. The van der Waals surface area contributed by atoms with E-state index in [2.05, 4.69) is 31.5 Å². The quantitative estimate of drug-likeness (QED) is 0.650. The van der Waals surface area contributed by atoms with Gasteiger partial charge in [-0.3, -0.25) is 14.9 Å². The lowest BCUT2D eigenvalue weighted by atomic mass is 10.1. The number of nitro groups is 1. The Labute approximate surface area is 111 Å². The molecule has 0 radical (unpaired) electrons. The number of nitrogens with zero attached hydrogens (tertiary/aromatic N) is 2. The summed E-state index contributed by atoms with van der Waals surface area (Å²) < 4.78 is 0.468. The average Bonchev–Trinajstić information content (AvgIpc) is 2.34. The first-order valence-electron chi connectivity index (χ1n) is 5.42. The number of amides is 1. The molecule has 1 atom stereocenters. The normalized spacial score (nSPS) is 19.2. The second kappa shape index (κ2) is 5.30. The fourth-order valence-corrected chi connectivity index (χ4v) is 2.16. The first-order valence-corrected chi connectivity index (χ1v) is 6.21. The molecule has 0 saturated carbocycles. The van der Waals surface area contributed by atoms with Crippen LogP contribution in [0.3, 0.4) is 0 Å². The van der Waals surface area contributed by atoms with Crippen molar-refractivity contribution in [1.29, 1.82) is 0 Å². The van der Waals surface area contributed by atoms with Gasteiger partial charge in [0.15, 0.2) is 0 Å². The maximum absolute atomic E-state index is 11.6. The summed E-state index contributed by atoms with van der Waals surface area (Å²) in [4.78, 5) is 25.6. The molecule has 96 valence electrons. The standard InChI is InChI=1S/C10H11BrN4O3/c11-7-4-6(15(17)18)5-13-9(7)14-8-2-1-3-12-10(8)16/h4-5,8H,1-3H2,(H,12,16)(H,13,14). The summed E-state index contributed by atoms with van der Waals surface area (Å²) in [5.74, 6) is 0.357. The Morgan fingerprint density at radius 3 is 3.00 bits per heavy atom. The zero-order chi connectivity index (χ0) is 13.1. The summed E-state index contributed by atoms with van der Waals surface area (Å²) in [7, 11) is 0. The lowest BCUT2D eigenvalue weighted by Crippen LogP contribution is -2.44. The molecule has 2 rings (SSSR count). The Morgan fingerprint density at radius 1 is 1.61 bits per heavy atom. The maximum Gasteiger partial charge on any atom is 0.288 e. The number of hydrogen-bond donors (Lipinski definition) is 2. The lowest BCUT2D eigenvalue weighted by molar-refractivity contribution is -0.385. The fourth-order valence-electron chi connectivity index (χ4n) is 1.71. The van der Waals surface area contributed by atoms with E-state index in [-0.39, 0.29) is 17.6 Å². The highest BCUT2D eigenvalue weighted by molar-refractivity contribution is 9.10. The predicted octanol–water partition coefficient (Wildman–Crippen LogP) is 1.44. The van der Waals surface area contributed by atoms with E-state index in [4.69, 9.17) is 0 Å². The van der Waals surface area contributed by atoms with Gasteiger partial charge in [-0.1, -0.05) is 0 Å². The van der Waals surface area contributed by atoms with E-state index in [0.29, 0.717) is 16.8 Å². The largest absolute Gasteiger partial charge is 0.357 e. The van der Waals surface area contributed by atoms with E-state index in [1.807, 2.05) is 0 Å². The number of pyridine rings is 1. The molecule has 0 aromatic carbocycles. The molecule has 18 heavy (non-hydrogen) atoms. The third kappa shape index (κ3) is 2.76. The van der Waals surface area contributed by atoms with E-state index in [9.17, 15) is 14.9 Å². The van der Waals surface area contributed by atoms with Gasteiger partial charge in [0.1, 0.15) is 18.1 Å². The molecule has 1 amide bonds. The van der Waals surface area contributed by atoms with Crippen molar-refractivity contribution >= 4 is 33.3 Å². The van der Waals surface area contributed by atoms with Gasteiger partial charge in [0, 0.05) is 12.6 Å². The SMILES string of the molecule is O=C1NCCCC1Nc1ncc([N+](=O)[O-])cc1Br. The number of rotatable bonds is 3. The second-order valence-corrected chi connectivity index (χ2v) is 4.77.